The smallest absolute Gasteiger partial charge is 0.305 e. The predicted molar refractivity (Wildman–Crippen MR) is 69.3 cm³/mol. The maximum Gasteiger partial charge on any atom is 0.305 e. The van der Waals surface area contributed by atoms with E-state index in [-0.39, 0.29) is 24.6 Å². The van der Waals surface area contributed by atoms with Gasteiger partial charge in [-0.1, -0.05) is 0 Å². The average molecular weight is 262 g/mol. The van der Waals surface area contributed by atoms with Gasteiger partial charge in [0.1, 0.15) is 5.75 Å². The lowest BCUT2D eigenvalue weighted by molar-refractivity contribution is -0.136. The van der Waals surface area contributed by atoms with Crippen LogP contribution >= 0.6 is 0 Å². The molecule has 0 aliphatic heterocycles. The maximum atomic E-state index is 12.0. The Morgan fingerprint density at radius 1 is 1.37 bits per heavy atom. The highest BCUT2D eigenvalue weighted by Crippen LogP contribution is 2.25. The van der Waals surface area contributed by atoms with Gasteiger partial charge < -0.3 is 20.5 Å². The number of carboxylic acid groups (broad SMARTS) is 1. The summed E-state index contributed by atoms with van der Waals surface area (Å²) in [5.41, 5.74) is 1.85. The Morgan fingerprint density at radius 3 is 2.79 bits per heavy atom. The number of rotatable bonds is 4. The highest BCUT2D eigenvalue weighted by Gasteiger charge is 2.16. The van der Waals surface area contributed by atoms with Crippen molar-refractivity contribution in [1.82, 2.24) is 10.3 Å². The van der Waals surface area contributed by atoms with Crippen molar-refractivity contribution in [3.05, 3.63) is 29.5 Å². The number of carbonyl (C=O) groups excluding carboxylic acids is 1. The first kappa shape index (κ1) is 12.9. The molecule has 1 aromatic carbocycles. The van der Waals surface area contributed by atoms with Crippen molar-refractivity contribution in [2.45, 2.75) is 13.3 Å². The number of phenolic OH excluding ortho intramolecular Hbond substituents is 1. The number of phenols is 1. The van der Waals surface area contributed by atoms with Gasteiger partial charge in [-0.2, -0.15) is 0 Å². The molecule has 0 radical (unpaired) electrons. The van der Waals surface area contributed by atoms with E-state index in [0.29, 0.717) is 16.6 Å². The topological polar surface area (TPSA) is 102 Å². The van der Waals surface area contributed by atoms with E-state index in [1.807, 2.05) is 0 Å². The van der Waals surface area contributed by atoms with Gasteiger partial charge >= 0.3 is 5.97 Å². The Kier molecular flexibility index (Phi) is 3.41. The second-order valence-corrected chi connectivity index (χ2v) is 4.25. The van der Waals surface area contributed by atoms with Crippen LogP contribution in [0.25, 0.3) is 10.9 Å². The molecule has 0 saturated heterocycles. The number of benzene rings is 1. The Morgan fingerprint density at radius 2 is 2.11 bits per heavy atom. The SMILES string of the molecule is Cc1[nH]c2ccc(O)cc2c1C(=O)NCCC(=O)O. The lowest BCUT2D eigenvalue weighted by atomic mass is 10.1. The molecule has 1 aromatic heterocycles. The van der Waals surface area contributed by atoms with Crippen molar-refractivity contribution < 1.29 is 19.8 Å². The molecule has 2 aromatic rings. The third kappa shape index (κ3) is 2.67. The molecule has 0 spiro atoms. The fourth-order valence-corrected chi connectivity index (χ4v) is 1.98. The highest BCUT2D eigenvalue weighted by atomic mass is 16.4. The number of aliphatic carboxylic acids is 1. The van der Waals surface area contributed by atoms with E-state index in [2.05, 4.69) is 10.3 Å². The predicted octanol–water partition coefficient (Wildman–Crippen LogP) is 1.39. The Bertz CT molecular complexity index is 645. The van der Waals surface area contributed by atoms with Gasteiger partial charge in [0.05, 0.1) is 12.0 Å². The van der Waals surface area contributed by atoms with Crippen molar-refractivity contribution in [2.75, 3.05) is 6.54 Å². The van der Waals surface area contributed by atoms with Gasteiger partial charge in [-0.3, -0.25) is 9.59 Å². The zero-order valence-corrected chi connectivity index (χ0v) is 10.4. The van der Waals surface area contributed by atoms with Crippen molar-refractivity contribution in [3.63, 3.8) is 0 Å². The van der Waals surface area contributed by atoms with Crippen molar-refractivity contribution >= 4 is 22.8 Å². The molecule has 0 aliphatic carbocycles. The van der Waals surface area contributed by atoms with Crippen LogP contribution < -0.4 is 5.32 Å². The molecule has 6 heteroatoms. The number of H-pyrrole nitrogens is 1. The lowest BCUT2D eigenvalue weighted by Gasteiger charge is -2.03. The van der Waals surface area contributed by atoms with Crippen LogP contribution in [0.3, 0.4) is 0 Å². The molecule has 0 bridgehead atoms. The van der Waals surface area contributed by atoms with Crippen LogP contribution in [0.4, 0.5) is 0 Å². The minimum atomic E-state index is -0.964. The number of carbonyl (C=O) groups is 2. The van der Waals surface area contributed by atoms with Gasteiger partial charge in [0, 0.05) is 23.1 Å². The third-order valence-corrected chi connectivity index (χ3v) is 2.82. The summed E-state index contributed by atoms with van der Waals surface area (Å²) in [6.07, 6.45) is -0.127. The molecule has 0 saturated carbocycles. The first-order valence-electron chi connectivity index (χ1n) is 5.80. The standard InChI is InChI=1S/C13H14N2O4/c1-7-12(13(19)14-5-4-11(17)18)9-6-8(16)2-3-10(9)15-7/h2-3,6,15-16H,4-5H2,1H3,(H,14,19)(H,17,18). The number of hydrogen-bond acceptors (Lipinski definition) is 3. The molecule has 1 heterocycles. The second-order valence-electron chi connectivity index (χ2n) is 4.25. The summed E-state index contributed by atoms with van der Waals surface area (Å²) in [6, 6.07) is 4.72. The number of aromatic amines is 1. The van der Waals surface area contributed by atoms with E-state index in [9.17, 15) is 14.7 Å². The second kappa shape index (κ2) is 5.01. The van der Waals surface area contributed by atoms with Crippen LogP contribution in [-0.4, -0.2) is 33.6 Å². The molecule has 6 nitrogen and oxygen atoms in total. The molecule has 0 unspecified atom stereocenters. The van der Waals surface area contributed by atoms with E-state index in [1.54, 1.807) is 13.0 Å². The number of aromatic nitrogens is 1. The van der Waals surface area contributed by atoms with Gasteiger partial charge in [-0.05, 0) is 25.1 Å². The first-order chi connectivity index (χ1) is 8.99. The monoisotopic (exact) mass is 262 g/mol. The van der Waals surface area contributed by atoms with E-state index >= 15 is 0 Å². The molecule has 100 valence electrons. The number of aromatic hydroxyl groups is 1. The normalized spacial score (nSPS) is 10.6. The van der Waals surface area contributed by atoms with Crippen molar-refractivity contribution in [3.8, 4) is 5.75 Å². The molecule has 1 amide bonds. The highest BCUT2D eigenvalue weighted by molar-refractivity contribution is 6.08. The summed E-state index contributed by atoms with van der Waals surface area (Å²) in [5, 5.41) is 21.2. The average Bonchev–Trinajstić information content (AvgIpc) is 2.63. The van der Waals surface area contributed by atoms with E-state index < -0.39 is 5.97 Å². The summed E-state index contributed by atoms with van der Waals surface area (Å²) >= 11 is 0. The lowest BCUT2D eigenvalue weighted by Crippen LogP contribution is -2.26. The van der Waals surface area contributed by atoms with Gasteiger partial charge in [-0.15, -0.1) is 0 Å². The van der Waals surface area contributed by atoms with Gasteiger partial charge in [0.25, 0.3) is 5.91 Å². The molecular weight excluding hydrogens is 248 g/mol. The van der Waals surface area contributed by atoms with E-state index in [1.165, 1.54) is 12.1 Å². The summed E-state index contributed by atoms with van der Waals surface area (Å²) < 4.78 is 0. The molecule has 0 atom stereocenters. The van der Waals surface area contributed by atoms with Crippen LogP contribution in [0.5, 0.6) is 5.75 Å². The Labute approximate surface area is 109 Å². The summed E-state index contributed by atoms with van der Waals surface area (Å²) in [4.78, 5) is 25.5. The molecule has 0 aliphatic rings. The largest absolute Gasteiger partial charge is 0.508 e. The number of carboxylic acids is 1. The van der Waals surface area contributed by atoms with Gasteiger partial charge in [0.15, 0.2) is 0 Å². The van der Waals surface area contributed by atoms with Crippen molar-refractivity contribution in [2.24, 2.45) is 0 Å². The third-order valence-electron chi connectivity index (χ3n) is 2.82. The van der Waals surface area contributed by atoms with Crippen LogP contribution in [-0.2, 0) is 4.79 Å². The summed E-state index contributed by atoms with van der Waals surface area (Å²) in [5.74, 6) is -1.24. The summed E-state index contributed by atoms with van der Waals surface area (Å²) in [7, 11) is 0. The van der Waals surface area contributed by atoms with Crippen LogP contribution in [0.15, 0.2) is 18.2 Å². The minimum Gasteiger partial charge on any atom is -0.508 e. The minimum absolute atomic E-state index is 0.0685. The van der Waals surface area contributed by atoms with Crippen molar-refractivity contribution in [1.29, 1.82) is 0 Å². The number of nitrogens with one attached hydrogen (secondary N) is 2. The first-order valence-corrected chi connectivity index (χ1v) is 5.80. The molecule has 19 heavy (non-hydrogen) atoms. The Hall–Kier alpha value is -2.50. The quantitative estimate of drug-likeness (QED) is 0.668. The molecule has 4 N–H and O–H groups in total. The number of amides is 1. The van der Waals surface area contributed by atoms with E-state index in [4.69, 9.17) is 5.11 Å². The zero-order chi connectivity index (χ0) is 14.0. The zero-order valence-electron chi connectivity index (χ0n) is 10.4. The maximum absolute atomic E-state index is 12.0. The van der Waals surface area contributed by atoms with Crippen LogP contribution in [0.1, 0.15) is 22.5 Å². The number of aryl methyl sites for hydroxylation is 1. The van der Waals surface area contributed by atoms with Gasteiger partial charge in [0.2, 0.25) is 0 Å². The fraction of sp³-hybridized carbons (Fsp3) is 0.231. The van der Waals surface area contributed by atoms with Gasteiger partial charge in [-0.25, -0.2) is 0 Å². The van der Waals surface area contributed by atoms with Crippen LogP contribution in [0.2, 0.25) is 0 Å². The van der Waals surface area contributed by atoms with E-state index in [0.717, 1.165) is 5.52 Å². The Balaban J connectivity index is 2.28. The van der Waals surface area contributed by atoms with Crippen LogP contribution in [0, 0.1) is 6.92 Å². The number of hydrogen-bond donors (Lipinski definition) is 4. The fourth-order valence-electron chi connectivity index (χ4n) is 1.98. The molecule has 0 fully saturated rings. The molecular formula is C13H14N2O4. The number of fused-ring (bicyclic) bond motifs is 1. The molecule has 2 rings (SSSR count). The summed E-state index contributed by atoms with van der Waals surface area (Å²) in [6.45, 7) is 1.82.